The van der Waals surface area contributed by atoms with Crippen molar-refractivity contribution >= 4 is 34.8 Å². The quantitative estimate of drug-likeness (QED) is 0.862. The van der Waals surface area contributed by atoms with Crippen LogP contribution in [0.2, 0.25) is 10.3 Å². The third-order valence-corrected chi connectivity index (χ3v) is 2.46. The van der Waals surface area contributed by atoms with E-state index in [0.29, 0.717) is 0 Å². The van der Waals surface area contributed by atoms with Crippen LogP contribution in [0.1, 0.15) is 0 Å². The molecule has 0 saturated heterocycles. The maximum atomic E-state index is 11.6. The number of hydrogen-bond donors (Lipinski definition) is 1. The van der Waals surface area contributed by atoms with Crippen molar-refractivity contribution < 1.29 is 4.79 Å². The molecule has 0 saturated carbocycles. The Bertz CT molecular complexity index is 508. The van der Waals surface area contributed by atoms with E-state index in [1.165, 1.54) is 11.0 Å². The third-order valence-electron chi connectivity index (χ3n) is 1.88. The Morgan fingerprint density at radius 3 is 2.65 bits per heavy atom. The molecule has 0 fully saturated rings. The van der Waals surface area contributed by atoms with Gasteiger partial charge in [0.15, 0.2) is 10.3 Å². The van der Waals surface area contributed by atoms with Crippen LogP contribution in [0.4, 0.5) is 5.69 Å². The predicted octanol–water partition coefficient (Wildman–Crippen LogP) is 1.62. The zero-order chi connectivity index (χ0) is 12.3. The van der Waals surface area contributed by atoms with E-state index in [-0.39, 0.29) is 28.4 Å². The first kappa shape index (κ1) is 11.8. The lowest BCUT2D eigenvalue weighted by molar-refractivity contribution is -0.116. The lowest BCUT2D eigenvalue weighted by Gasteiger charge is -2.07. The Morgan fingerprint density at radius 2 is 2.06 bits per heavy atom. The fraction of sp³-hybridized carbons (Fsp3) is 0.111. The number of anilines is 1. The largest absolute Gasteiger partial charge is 0.319 e. The van der Waals surface area contributed by atoms with Gasteiger partial charge in [0.2, 0.25) is 5.91 Å². The van der Waals surface area contributed by atoms with E-state index in [1.807, 2.05) is 0 Å². The van der Waals surface area contributed by atoms with Crippen LogP contribution in [-0.2, 0) is 11.3 Å². The lowest BCUT2D eigenvalue weighted by Crippen LogP contribution is -2.19. The normalized spacial score (nSPS) is 10.2. The Labute approximate surface area is 107 Å². The minimum absolute atomic E-state index is 0.0640. The molecular formula is C9H7Cl2N5O. The highest BCUT2D eigenvalue weighted by Gasteiger charge is 2.11. The minimum atomic E-state index is -0.313. The van der Waals surface area contributed by atoms with E-state index in [9.17, 15) is 4.79 Å². The molecule has 0 aliphatic rings. The highest BCUT2D eigenvalue weighted by Crippen LogP contribution is 2.25. The summed E-state index contributed by atoms with van der Waals surface area (Å²) in [6.45, 7) is 0.0640. The minimum Gasteiger partial charge on any atom is -0.319 e. The van der Waals surface area contributed by atoms with Crippen molar-refractivity contribution in [2.75, 3.05) is 5.32 Å². The van der Waals surface area contributed by atoms with Crippen molar-refractivity contribution in [2.24, 2.45) is 0 Å². The van der Waals surface area contributed by atoms with Gasteiger partial charge in [0.05, 0.1) is 0 Å². The second-order valence-corrected chi connectivity index (χ2v) is 3.80. The fourth-order valence-corrected chi connectivity index (χ4v) is 1.58. The van der Waals surface area contributed by atoms with Crippen LogP contribution in [0, 0.1) is 0 Å². The molecule has 2 heterocycles. The topological polar surface area (TPSA) is 72.7 Å². The van der Waals surface area contributed by atoms with Crippen LogP contribution in [0.25, 0.3) is 0 Å². The van der Waals surface area contributed by atoms with Gasteiger partial charge < -0.3 is 5.32 Å². The van der Waals surface area contributed by atoms with Gasteiger partial charge in [-0.3, -0.25) is 9.48 Å². The zero-order valence-electron chi connectivity index (χ0n) is 8.47. The van der Waals surface area contributed by atoms with Crippen molar-refractivity contribution in [3.63, 3.8) is 0 Å². The molecule has 1 N–H and O–H groups in total. The van der Waals surface area contributed by atoms with Crippen LogP contribution < -0.4 is 5.32 Å². The van der Waals surface area contributed by atoms with Gasteiger partial charge in [0.1, 0.15) is 18.6 Å². The van der Waals surface area contributed by atoms with Crippen molar-refractivity contribution in [1.29, 1.82) is 0 Å². The molecule has 0 spiro atoms. The number of aromatic nitrogens is 4. The van der Waals surface area contributed by atoms with Crippen LogP contribution >= 0.6 is 23.2 Å². The summed E-state index contributed by atoms with van der Waals surface area (Å²) in [5.41, 5.74) is 0.202. The lowest BCUT2D eigenvalue weighted by atomic mass is 10.5. The smallest absolute Gasteiger partial charge is 0.246 e. The molecular weight excluding hydrogens is 265 g/mol. The van der Waals surface area contributed by atoms with E-state index < -0.39 is 0 Å². The van der Waals surface area contributed by atoms with Gasteiger partial charge >= 0.3 is 0 Å². The van der Waals surface area contributed by atoms with Gasteiger partial charge in [0, 0.05) is 12.4 Å². The Morgan fingerprint density at radius 1 is 1.35 bits per heavy atom. The van der Waals surface area contributed by atoms with Crippen LogP contribution in [0.15, 0.2) is 24.8 Å². The Hall–Kier alpha value is -1.66. The van der Waals surface area contributed by atoms with E-state index >= 15 is 0 Å². The van der Waals surface area contributed by atoms with Gasteiger partial charge in [-0.25, -0.2) is 9.97 Å². The summed E-state index contributed by atoms with van der Waals surface area (Å²) in [4.78, 5) is 19.1. The maximum absolute atomic E-state index is 11.6. The molecule has 0 aromatic carbocycles. The van der Waals surface area contributed by atoms with Crippen molar-refractivity contribution in [2.45, 2.75) is 6.54 Å². The summed E-state index contributed by atoms with van der Waals surface area (Å²) in [5, 5.41) is 6.62. The van der Waals surface area contributed by atoms with E-state index in [2.05, 4.69) is 20.4 Å². The average molecular weight is 272 g/mol. The molecule has 0 atom stereocenters. The van der Waals surface area contributed by atoms with Crippen molar-refractivity contribution in [3.05, 3.63) is 35.1 Å². The molecule has 2 aromatic rings. The molecule has 0 radical (unpaired) electrons. The first-order chi connectivity index (χ1) is 8.16. The van der Waals surface area contributed by atoms with E-state index in [4.69, 9.17) is 23.2 Å². The highest BCUT2D eigenvalue weighted by atomic mass is 35.5. The molecule has 88 valence electrons. The summed E-state index contributed by atoms with van der Waals surface area (Å²) >= 11 is 11.6. The van der Waals surface area contributed by atoms with E-state index in [1.54, 1.807) is 18.5 Å². The predicted molar refractivity (Wildman–Crippen MR) is 62.9 cm³/mol. The van der Waals surface area contributed by atoms with Crippen molar-refractivity contribution in [3.8, 4) is 0 Å². The first-order valence-corrected chi connectivity index (χ1v) is 5.35. The molecule has 0 aliphatic carbocycles. The van der Waals surface area contributed by atoms with Crippen LogP contribution in [0.3, 0.4) is 0 Å². The van der Waals surface area contributed by atoms with Gasteiger partial charge in [-0.15, -0.1) is 0 Å². The number of rotatable bonds is 3. The summed E-state index contributed by atoms with van der Waals surface area (Å²) in [6, 6.07) is 1.72. The summed E-state index contributed by atoms with van der Waals surface area (Å²) < 4.78 is 1.47. The van der Waals surface area contributed by atoms with Gasteiger partial charge in [0.25, 0.3) is 0 Å². The Kier molecular flexibility index (Phi) is 3.55. The van der Waals surface area contributed by atoms with Crippen molar-refractivity contribution in [1.82, 2.24) is 19.7 Å². The second-order valence-electron chi connectivity index (χ2n) is 3.08. The zero-order valence-corrected chi connectivity index (χ0v) is 9.98. The summed E-state index contributed by atoms with van der Waals surface area (Å²) in [6.07, 6.45) is 4.47. The molecule has 2 aromatic heterocycles. The third kappa shape index (κ3) is 2.92. The molecule has 6 nitrogen and oxygen atoms in total. The molecule has 0 unspecified atom stereocenters. The Balaban J connectivity index is 2.08. The number of amides is 1. The molecule has 8 heteroatoms. The number of hydrogen-bond acceptors (Lipinski definition) is 4. The standard InChI is InChI=1S/C9H7Cl2N5O/c10-8-7(9(11)13-5-12-8)15-6(17)4-16-3-1-2-14-16/h1-3,5H,4H2,(H,15,17). The average Bonchev–Trinajstić information content (AvgIpc) is 2.76. The van der Waals surface area contributed by atoms with Crippen LogP contribution in [-0.4, -0.2) is 25.7 Å². The molecule has 17 heavy (non-hydrogen) atoms. The summed E-state index contributed by atoms with van der Waals surface area (Å²) in [7, 11) is 0. The maximum Gasteiger partial charge on any atom is 0.246 e. The van der Waals surface area contributed by atoms with Gasteiger partial charge in [-0.05, 0) is 6.07 Å². The van der Waals surface area contributed by atoms with Gasteiger partial charge in [-0.2, -0.15) is 5.10 Å². The highest BCUT2D eigenvalue weighted by molar-refractivity contribution is 6.38. The first-order valence-electron chi connectivity index (χ1n) is 4.60. The van der Waals surface area contributed by atoms with E-state index in [0.717, 1.165) is 0 Å². The van der Waals surface area contributed by atoms with Crippen LogP contribution in [0.5, 0.6) is 0 Å². The second kappa shape index (κ2) is 5.11. The fourth-order valence-electron chi connectivity index (χ4n) is 1.17. The number of carbonyl (C=O) groups excluding carboxylic acids is 1. The molecule has 1 amide bonds. The molecule has 0 aliphatic heterocycles. The number of nitrogens with one attached hydrogen (secondary N) is 1. The SMILES string of the molecule is O=C(Cn1cccn1)Nc1c(Cl)ncnc1Cl. The number of halogens is 2. The monoisotopic (exact) mass is 271 g/mol. The number of carbonyl (C=O) groups is 1. The van der Waals surface area contributed by atoms with Gasteiger partial charge in [-0.1, -0.05) is 23.2 Å². The number of nitrogens with zero attached hydrogens (tertiary/aromatic N) is 4. The molecule has 0 bridgehead atoms. The molecule has 2 rings (SSSR count). The summed E-state index contributed by atoms with van der Waals surface area (Å²) in [5.74, 6) is -0.313.